The SMILES string of the molecule is COC(=O)[C@@H](Cc1ccc(C(=O)c2ccccc2)cc1)NC(=O)[C@@H]1CCOC1. The standard InChI is InChI=1S/C22H23NO5/c1-27-22(26)19(23-21(25)18-11-12-28-14-18)13-15-7-9-17(10-8-15)20(24)16-5-3-2-4-6-16/h2-10,18-19H,11-14H2,1H3,(H,23,25)/t18-,19-/m1/s1. The Kier molecular flexibility index (Phi) is 6.55. The van der Waals surface area contributed by atoms with Gasteiger partial charge in [-0.2, -0.15) is 0 Å². The largest absolute Gasteiger partial charge is 0.467 e. The van der Waals surface area contributed by atoms with Gasteiger partial charge in [0.05, 0.1) is 19.6 Å². The highest BCUT2D eigenvalue weighted by Gasteiger charge is 2.28. The molecule has 0 bridgehead atoms. The first-order valence-electron chi connectivity index (χ1n) is 9.23. The molecule has 1 aliphatic rings. The fourth-order valence-corrected chi connectivity index (χ4v) is 3.15. The van der Waals surface area contributed by atoms with Gasteiger partial charge in [0.25, 0.3) is 0 Å². The number of nitrogens with one attached hydrogen (secondary N) is 1. The molecule has 0 aromatic heterocycles. The van der Waals surface area contributed by atoms with Gasteiger partial charge in [-0.05, 0) is 12.0 Å². The molecular formula is C22H23NO5. The van der Waals surface area contributed by atoms with E-state index in [0.717, 1.165) is 5.56 Å². The van der Waals surface area contributed by atoms with Crippen molar-refractivity contribution in [1.82, 2.24) is 5.32 Å². The van der Waals surface area contributed by atoms with Crippen molar-refractivity contribution in [2.45, 2.75) is 18.9 Å². The molecule has 6 nitrogen and oxygen atoms in total. The van der Waals surface area contributed by atoms with Crippen LogP contribution in [0.3, 0.4) is 0 Å². The number of amides is 1. The number of carbonyl (C=O) groups excluding carboxylic acids is 3. The van der Waals surface area contributed by atoms with E-state index in [0.29, 0.717) is 30.8 Å². The predicted octanol–water partition coefficient (Wildman–Crippen LogP) is 2.15. The molecule has 1 fully saturated rings. The first-order chi connectivity index (χ1) is 13.6. The van der Waals surface area contributed by atoms with Crippen molar-refractivity contribution in [2.24, 2.45) is 5.92 Å². The molecule has 1 N–H and O–H groups in total. The number of ether oxygens (including phenoxy) is 2. The summed E-state index contributed by atoms with van der Waals surface area (Å²) in [6, 6.07) is 15.3. The minimum absolute atomic E-state index is 0.0637. The van der Waals surface area contributed by atoms with Gasteiger partial charge in [-0.3, -0.25) is 9.59 Å². The molecule has 1 aliphatic heterocycles. The van der Waals surface area contributed by atoms with Crippen LogP contribution in [0.4, 0.5) is 0 Å². The van der Waals surface area contributed by atoms with Crippen LogP contribution >= 0.6 is 0 Å². The van der Waals surface area contributed by atoms with Crippen molar-refractivity contribution in [3.63, 3.8) is 0 Å². The Hall–Kier alpha value is -2.99. The minimum atomic E-state index is -0.784. The summed E-state index contributed by atoms with van der Waals surface area (Å²) in [5, 5.41) is 2.76. The van der Waals surface area contributed by atoms with Gasteiger partial charge >= 0.3 is 5.97 Å². The lowest BCUT2D eigenvalue weighted by atomic mass is 9.99. The van der Waals surface area contributed by atoms with Crippen LogP contribution in [-0.4, -0.2) is 44.0 Å². The molecule has 1 saturated heterocycles. The molecule has 0 saturated carbocycles. The van der Waals surface area contributed by atoms with Gasteiger partial charge in [0.15, 0.2) is 5.78 Å². The average Bonchev–Trinajstić information content (AvgIpc) is 3.28. The highest BCUT2D eigenvalue weighted by Crippen LogP contribution is 2.15. The molecule has 146 valence electrons. The van der Waals surface area contributed by atoms with Crippen molar-refractivity contribution in [2.75, 3.05) is 20.3 Å². The lowest BCUT2D eigenvalue weighted by molar-refractivity contribution is -0.145. The third kappa shape index (κ3) is 4.84. The molecule has 0 radical (unpaired) electrons. The third-order valence-electron chi connectivity index (χ3n) is 4.79. The number of carbonyl (C=O) groups is 3. The Morgan fingerprint density at radius 2 is 1.75 bits per heavy atom. The molecule has 2 aromatic rings. The van der Waals surface area contributed by atoms with E-state index in [4.69, 9.17) is 9.47 Å². The molecule has 0 unspecified atom stereocenters. The van der Waals surface area contributed by atoms with E-state index in [2.05, 4.69) is 5.32 Å². The van der Waals surface area contributed by atoms with Crippen LogP contribution in [0.5, 0.6) is 0 Å². The van der Waals surface area contributed by atoms with Gasteiger partial charge in [-0.1, -0.05) is 54.6 Å². The number of methoxy groups -OCH3 is 1. The molecule has 0 spiro atoms. The molecule has 0 aliphatic carbocycles. The van der Waals surface area contributed by atoms with Crippen molar-refractivity contribution in [3.05, 3.63) is 71.3 Å². The number of hydrogen-bond donors (Lipinski definition) is 1. The van der Waals surface area contributed by atoms with E-state index >= 15 is 0 Å². The van der Waals surface area contributed by atoms with Crippen molar-refractivity contribution < 1.29 is 23.9 Å². The Bertz CT molecular complexity index is 826. The highest BCUT2D eigenvalue weighted by atomic mass is 16.5. The number of esters is 1. The van der Waals surface area contributed by atoms with E-state index in [1.54, 1.807) is 36.4 Å². The first-order valence-corrected chi connectivity index (χ1v) is 9.23. The second kappa shape index (κ2) is 9.28. The third-order valence-corrected chi connectivity index (χ3v) is 4.79. The summed E-state index contributed by atoms with van der Waals surface area (Å²) in [5.41, 5.74) is 2.01. The van der Waals surface area contributed by atoms with E-state index in [-0.39, 0.29) is 24.0 Å². The topological polar surface area (TPSA) is 81.7 Å². The van der Waals surface area contributed by atoms with E-state index in [1.807, 2.05) is 18.2 Å². The molecule has 6 heteroatoms. The molecule has 28 heavy (non-hydrogen) atoms. The zero-order valence-corrected chi connectivity index (χ0v) is 15.7. The maximum atomic E-state index is 12.5. The van der Waals surface area contributed by atoms with Crippen molar-refractivity contribution >= 4 is 17.7 Å². The van der Waals surface area contributed by atoms with Crippen LogP contribution < -0.4 is 5.32 Å². The predicted molar refractivity (Wildman–Crippen MR) is 103 cm³/mol. The maximum absolute atomic E-state index is 12.5. The van der Waals surface area contributed by atoms with Gasteiger partial charge in [-0.25, -0.2) is 4.79 Å². The van der Waals surface area contributed by atoms with Gasteiger partial charge in [0, 0.05) is 24.2 Å². The molecule has 2 aromatic carbocycles. The van der Waals surface area contributed by atoms with E-state index in [9.17, 15) is 14.4 Å². The quantitative estimate of drug-likeness (QED) is 0.587. The Labute approximate surface area is 163 Å². The average molecular weight is 381 g/mol. The van der Waals surface area contributed by atoms with Crippen LogP contribution in [0.1, 0.15) is 27.9 Å². The Morgan fingerprint density at radius 1 is 1.07 bits per heavy atom. The molecule has 2 atom stereocenters. The molecular weight excluding hydrogens is 358 g/mol. The van der Waals surface area contributed by atoms with Crippen LogP contribution in [0.25, 0.3) is 0 Å². The summed E-state index contributed by atoms with van der Waals surface area (Å²) in [5.74, 6) is -1.01. The fourth-order valence-electron chi connectivity index (χ4n) is 3.15. The zero-order valence-electron chi connectivity index (χ0n) is 15.7. The molecule has 1 heterocycles. The molecule has 1 amide bonds. The number of hydrogen-bond acceptors (Lipinski definition) is 5. The summed E-state index contributed by atoms with van der Waals surface area (Å²) in [7, 11) is 1.29. The second-order valence-corrected chi connectivity index (χ2v) is 6.74. The van der Waals surface area contributed by atoms with Gasteiger partial charge in [0.2, 0.25) is 5.91 Å². The highest BCUT2D eigenvalue weighted by molar-refractivity contribution is 6.08. The lowest BCUT2D eigenvalue weighted by Gasteiger charge is -2.18. The van der Waals surface area contributed by atoms with Gasteiger partial charge < -0.3 is 14.8 Å². The van der Waals surface area contributed by atoms with Crippen LogP contribution in [0, 0.1) is 5.92 Å². The van der Waals surface area contributed by atoms with Gasteiger partial charge in [0.1, 0.15) is 6.04 Å². The maximum Gasteiger partial charge on any atom is 0.328 e. The summed E-state index contributed by atoms with van der Waals surface area (Å²) in [4.78, 5) is 36.9. The second-order valence-electron chi connectivity index (χ2n) is 6.74. The normalized spacial score (nSPS) is 17.0. The Balaban J connectivity index is 1.67. The zero-order chi connectivity index (χ0) is 19.9. The monoisotopic (exact) mass is 381 g/mol. The lowest BCUT2D eigenvalue weighted by Crippen LogP contribution is -2.45. The van der Waals surface area contributed by atoms with E-state index in [1.165, 1.54) is 7.11 Å². The summed E-state index contributed by atoms with van der Waals surface area (Å²) in [6.07, 6.45) is 0.932. The van der Waals surface area contributed by atoms with Crippen LogP contribution in [-0.2, 0) is 25.5 Å². The molecule has 3 rings (SSSR count). The summed E-state index contributed by atoms with van der Waals surface area (Å²) < 4.78 is 10.1. The summed E-state index contributed by atoms with van der Waals surface area (Å²) in [6.45, 7) is 0.925. The van der Waals surface area contributed by atoms with Crippen molar-refractivity contribution in [3.8, 4) is 0 Å². The Morgan fingerprint density at radius 3 is 2.36 bits per heavy atom. The first kappa shape index (κ1) is 19.8. The number of rotatable bonds is 7. The van der Waals surface area contributed by atoms with Crippen LogP contribution in [0.15, 0.2) is 54.6 Å². The van der Waals surface area contributed by atoms with Crippen molar-refractivity contribution in [1.29, 1.82) is 0 Å². The number of benzene rings is 2. The van der Waals surface area contributed by atoms with Crippen LogP contribution in [0.2, 0.25) is 0 Å². The van der Waals surface area contributed by atoms with Gasteiger partial charge in [-0.15, -0.1) is 0 Å². The minimum Gasteiger partial charge on any atom is -0.467 e. The smallest absolute Gasteiger partial charge is 0.328 e. The fraction of sp³-hybridized carbons (Fsp3) is 0.318. The summed E-state index contributed by atoms with van der Waals surface area (Å²) >= 11 is 0. The van der Waals surface area contributed by atoms with E-state index < -0.39 is 12.0 Å². The number of ketones is 1.